The lowest BCUT2D eigenvalue weighted by Crippen LogP contribution is -2.00. The molecule has 0 aliphatic rings. The van der Waals surface area contributed by atoms with Crippen molar-refractivity contribution in [2.45, 2.75) is 0 Å². The minimum absolute atomic E-state index is 0.688. The number of fused-ring (bicyclic) bond motifs is 6. The van der Waals surface area contributed by atoms with Crippen molar-refractivity contribution in [1.82, 2.24) is 14.5 Å². The van der Waals surface area contributed by atoms with E-state index in [2.05, 4.69) is 150 Å². The van der Waals surface area contributed by atoms with Crippen molar-refractivity contribution in [3.63, 3.8) is 0 Å². The summed E-state index contributed by atoms with van der Waals surface area (Å²) < 4.78 is 9.22. The molecule has 0 spiro atoms. The Morgan fingerprint density at radius 3 is 1.52 bits per heavy atom. The monoisotopic (exact) mass is 639 g/mol. The molecule has 4 nitrogen and oxygen atoms in total. The Bertz CT molecular complexity index is 2740. The summed E-state index contributed by atoms with van der Waals surface area (Å²) in [6.45, 7) is 0. The topological polar surface area (TPSA) is 43.9 Å². The molecule has 0 bridgehead atoms. The van der Waals surface area contributed by atoms with Gasteiger partial charge in [-0.25, -0.2) is 9.97 Å². The molecule has 0 N–H and O–H groups in total. The summed E-state index contributed by atoms with van der Waals surface area (Å²) in [5.74, 6) is 0.688. The van der Waals surface area contributed by atoms with Gasteiger partial charge in [-0.05, 0) is 35.9 Å². The molecule has 10 rings (SSSR count). The average Bonchev–Trinajstić information content (AvgIpc) is 3.74. The van der Waals surface area contributed by atoms with Gasteiger partial charge in [-0.15, -0.1) is 0 Å². The van der Waals surface area contributed by atoms with Gasteiger partial charge in [0.05, 0.1) is 28.1 Å². The molecule has 4 heteroatoms. The van der Waals surface area contributed by atoms with E-state index in [-0.39, 0.29) is 0 Å². The third kappa shape index (κ3) is 4.46. The third-order valence-corrected chi connectivity index (χ3v) is 9.62. The lowest BCUT2D eigenvalue weighted by Gasteiger charge is -2.17. The SMILES string of the molecule is c1ccc(-c2nc(-c3ccccc3)c(-c3ccc4c(c3)oc3c(-n5c6ccccc6c6ccccc65)cccc34)c(-c3ccccc3)n2)cc1. The van der Waals surface area contributed by atoms with Crippen LogP contribution in [0.1, 0.15) is 0 Å². The average molecular weight is 640 g/mol. The predicted octanol–water partition coefficient (Wildman–Crippen LogP) is 12.1. The second-order valence-corrected chi connectivity index (χ2v) is 12.6. The molecular weight excluding hydrogens is 611 g/mol. The van der Waals surface area contributed by atoms with Crippen LogP contribution in [-0.4, -0.2) is 14.5 Å². The van der Waals surface area contributed by atoms with E-state index < -0.39 is 0 Å². The van der Waals surface area contributed by atoms with E-state index in [1.165, 1.54) is 10.8 Å². The van der Waals surface area contributed by atoms with Crippen LogP contribution in [0.25, 0.3) is 94.5 Å². The quantitative estimate of drug-likeness (QED) is 0.188. The largest absolute Gasteiger partial charge is 0.454 e. The number of aromatic nitrogens is 3. The molecule has 234 valence electrons. The van der Waals surface area contributed by atoms with Crippen LogP contribution >= 0.6 is 0 Å². The van der Waals surface area contributed by atoms with E-state index in [1.54, 1.807) is 0 Å². The van der Waals surface area contributed by atoms with Crippen molar-refractivity contribution in [2.75, 3.05) is 0 Å². The molecule has 0 amide bonds. The lowest BCUT2D eigenvalue weighted by atomic mass is 9.93. The number of hydrogen-bond donors (Lipinski definition) is 0. The fraction of sp³-hybridized carbons (Fsp3) is 0. The van der Waals surface area contributed by atoms with Gasteiger partial charge >= 0.3 is 0 Å². The Morgan fingerprint density at radius 2 is 0.920 bits per heavy atom. The normalized spacial score (nSPS) is 11.6. The van der Waals surface area contributed by atoms with Crippen molar-refractivity contribution in [3.05, 3.63) is 176 Å². The molecule has 50 heavy (non-hydrogen) atoms. The molecular formula is C46H29N3O. The fourth-order valence-corrected chi connectivity index (χ4v) is 7.36. The molecule has 0 saturated carbocycles. The highest BCUT2D eigenvalue weighted by Gasteiger charge is 2.22. The Morgan fingerprint density at radius 1 is 0.400 bits per heavy atom. The number of rotatable bonds is 5. The first-order valence-electron chi connectivity index (χ1n) is 16.8. The highest BCUT2D eigenvalue weighted by Crippen LogP contribution is 2.43. The molecule has 0 aliphatic carbocycles. The summed E-state index contributed by atoms with van der Waals surface area (Å²) in [6.07, 6.45) is 0. The van der Waals surface area contributed by atoms with Crippen molar-refractivity contribution in [2.24, 2.45) is 0 Å². The zero-order chi connectivity index (χ0) is 33.0. The second kappa shape index (κ2) is 11.4. The van der Waals surface area contributed by atoms with Crippen LogP contribution in [0.2, 0.25) is 0 Å². The van der Waals surface area contributed by atoms with Crippen LogP contribution in [0, 0.1) is 0 Å². The zero-order valence-electron chi connectivity index (χ0n) is 27.0. The van der Waals surface area contributed by atoms with Crippen LogP contribution in [0.5, 0.6) is 0 Å². The molecule has 7 aromatic carbocycles. The number of hydrogen-bond acceptors (Lipinski definition) is 3. The van der Waals surface area contributed by atoms with Crippen molar-refractivity contribution < 1.29 is 4.42 Å². The zero-order valence-corrected chi connectivity index (χ0v) is 27.0. The molecule has 3 aromatic heterocycles. The van der Waals surface area contributed by atoms with Gasteiger partial charge in [0.2, 0.25) is 0 Å². The molecule has 0 aliphatic heterocycles. The fourth-order valence-electron chi connectivity index (χ4n) is 7.36. The van der Waals surface area contributed by atoms with Gasteiger partial charge < -0.3 is 8.98 Å². The van der Waals surface area contributed by atoms with E-state index >= 15 is 0 Å². The van der Waals surface area contributed by atoms with Gasteiger partial charge in [-0.3, -0.25) is 0 Å². The van der Waals surface area contributed by atoms with Crippen LogP contribution in [0.3, 0.4) is 0 Å². The van der Waals surface area contributed by atoms with E-state index in [9.17, 15) is 0 Å². The maximum Gasteiger partial charge on any atom is 0.160 e. The van der Waals surface area contributed by atoms with Crippen molar-refractivity contribution in [3.8, 4) is 50.7 Å². The Balaban J connectivity index is 1.24. The smallest absolute Gasteiger partial charge is 0.160 e. The van der Waals surface area contributed by atoms with Gasteiger partial charge in [0.15, 0.2) is 11.4 Å². The minimum Gasteiger partial charge on any atom is -0.454 e. The molecule has 0 fully saturated rings. The van der Waals surface area contributed by atoms with Gasteiger partial charge in [-0.2, -0.15) is 0 Å². The van der Waals surface area contributed by atoms with Crippen LogP contribution < -0.4 is 0 Å². The maximum absolute atomic E-state index is 6.89. The molecule has 3 heterocycles. The maximum atomic E-state index is 6.89. The first-order valence-corrected chi connectivity index (χ1v) is 16.8. The second-order valence-electron chi connectivity index (χ2n) is 12.6. The number of nitrogens with zero attached hydrogens (tertiary/aromatic N) is 3. The van der Waals surface area contributed by atoms with Gasteiger partial charge in [-0.1, -0.05) is 146 Å². The summed E-state index contributed by atoms with van der Waals surface area (Å²) in [4.78, 5) is 10.5. The van der Waals surface area contributed by atoms with Gasteiger partial charge in [0, 0.05) is 43.8 Å². The van der Waals surface area contributed by atoms with Crippen LogP contribution in [0.4, 0.5) is 0 Å². The predicted molar refractivity (Wildman–Crippen MR) is 205 cm³/mol. The van der Waals surface area contributed by atoms with Crippen LogP contribution in [0.15, 0.2) is 180 Å². The summed E-state index contributed by atoms with van der Waals surface area (Å²) in [7, 11) is 0. The third-order valence-electron chi connectivity index (χ3n) is 9.62. The standard InChI is InChI=1S/C46H29N3O/c1-4-15-30(16-5-1)43-42(44(31-17-6-2-7-18-31)48-46(47-43)32-19-8-3-9-20-32)33-27-28-36-37-23-14-26-40(45(37)50-41(36)29-33)49-38-24-12-10-21-34(38)35-22-11-13-25-39(35)49/h1-29H. The highest BCUT2D eigenvalue weighted by atomic mass is 16.3. The van der Waals surface area contributed by atoms with Crippen molar-refractivity contribution in [1.29, 1.82) is 0 Å². The summed E-state index contributed by atoms with van der Waals surface area (Å²) in [6, 6.07) is 61.1. The molecule has 0 saturated heterocycles. The summed E-state index contributed by atoms with van der Waals surface area (Å²) in [5.41, 5.74) is 11.7. The highest BCUT2D eigenvalue weighted by molar-refractivity contribution is 6.13. The van der Waals surface area contributed by atoms with E-state index in [0.717, 1.165) is 77.9 Å². The van der Waals surface area contributed by atoms with E-state index in [1.807, 2.05) is 30.3 Å². The van der Waals surface area contributed by atoms with Crippen molar-refractivity contribution >= 4 is 43.7 Å². The minimum atomic E-state index is 0.688. The summed E-state index contributed by atoms with van der Waals surface area (Å²) in [5, 5.41) is 4.59. The number of benzene rings is 7. The van der Waals surface area contributed by atoms with Crippen LogP contribution in [-0.2, 0) is 0 Å². The number of para-hydroxylation sites is 3. The Hall–Kier alpha value is -6.78. The van der Waals surface area contributed by atoms with E-state index in [4.69, 9.17) is 14.4 Å². The first-order chi connectivity index (χ1) is 24.8. The summed E-state index contributed by atoms with van der Waals surface area (Å²) >= 11 is 0. The Labute approximate surface area is 288 Å². The molecule has 0 atom stereocenters. The molecule has 0 radical (unpaired) electrons. The molecule has 0 unspecified atom stereocenters. The van der Waals surface area contributed by atoms with Gasteiger partial charge in [0.25, 0.3) is 0 Å². The first kappa shape index (κ1) is 28.3. The molecule has 10 aromatic rings. The number of furan rings is 1. The Kier molecular flexibility index (Phi) is 6.46. The van der Waals surface area contributed by atoms with E-state index in [0.29, 0.717) is 5.82 Å². The van der Waals surface area contributed by atoms with Gasteiger partial charge in [0.1, 0.15) is 5.58 Å². The lowest BCUT2D eigenvalue weighted by molar-refractivity contribution is 0.666.